The van der Waals surface area contributed by atoms with Gasteiger partial charge in [0.2, 0.25) is 5.91 Å². The Hall–Kier alpha value is -1.71. The maximum absolute atomic E-state index is 12.5. The highest BCUT2D eigenvalue weighted by atomic mass is 16.5. The van der Waals surface area contributed by atoms with E-state index >= 15 is 0 Å². The molecule has 1 unspecified atom stereocenters. The molecule has 1 aliphatic heterocycles. The fraction of sp³-hybridized carbons (Fsp3) is 0.588. The van der Waals surface area contributed by atoms with Crippen molar-refractivity contribution in [1.29, 1.82) is 0 Å². The van der Waals surface area contributed by atoms with Gasteiger partial charge in [-0.1, -0.05) is 19.8 Å². The van der Waals surface area contributed by atoms with Gasteiger partial charge in [0.15, 0.2) is 11.5 Å². The number of nitrogens with zero attached hydrogens (tertiary/aromatic N) is 1. The minimum atomic E-state index is 0.0781. The van der Waals surface area contributed by atoms with E-state index in [1.54, 1.807) is 14.2 Å². The van der Waals surface area contributed by atoms with Gasteiger partial charge in [-0.2, -0.15) is 0 Å². The number of hydrogen-bond acceptors (Lipinski definition) is 3. The molecule has 0 fully saturated rings. The van der Waals surface area contributed by atoms with Crippen molar-refractivity contribution < 1.29 is 14.3 Å². The number of rotatable bonds is 5. The molecule has 0 radical (unpaired) electrons. The zero-order valence-corrected chi connectivity index (χ0v) is 13.4. The Labute approximate surface area is 127 Å². The molecule has 0 bridgehead atoms. The van der Waals surface area contributed by atoms with Crippen LogP contribution in [0.1, 0.15) is 37.3 Å². The lowest BCUT2D eigenvalue weighted by Crippen LogP contribution is -2.31. The molecule has 0 saturated carbocycles. The first-order chi connectivity index (χ1) is 10.1. The summed E-state index contributed by atoms with van der Waals surface area (Å²) in [7, 11) is 5.17. The highest BCUT2D eigenvalue weighted by Crippen LogP contribution is 2.34. The van der Waals surface area contributed by atoms with Crippen LogP contribution in [0.2, 0.25) is 0 Å². The molecule has 1 heterocycles. The van der Waals surface area contributed by atoms with E-state index < -0.39 is 0 Å². The van der Waals surface area contributed by atoms with E-state index in [1.807, 2.05) is 24.1 Å². The molecule has 1 aliphatic rings. The van der Waals surface area contributed by atoms with Crippen molar-refractivity contribution in [1.82, 2.24) is 4.90 Å². The minimum Gasteiger partial charge on any atom is -0.493 e. The van der Waals surface area contributed by atoms with Crippen molar-refractivity contribution in [2.24, 2.45) is 5.92 Å². The van der Waals surface area contributed by atoms with Crippen LogP contribution in [0.5, 0.6) is 11.5 Å². The topological polar surface area (TPSA) is 38.8 Å². The summed E-state index contributed by atoms with van der Waals surface area (Å²) in [5, 5.41) is 0. The molecule has 1 aromatic carbocycles. The van der Waals surface area contributed by atoms with Crippen LogP contribution in [-0.2, 0) is 17.8 Å². The average Bonchev–Trinajstić information content (AvgIpc) is 2.61. The first kappa shape index (κ1) is 15.7. The fourth-order valence-corrected chi connectivity index (χ4v) is 2.97. The first-order valence-corrected chi connectivity index (χ1v) is 7.59. The van der Waals surface area contributed by atoms with Gasteiger partial charge in [-0.25, -0.2) is 0 Å². The predicted octanol–water partition coefficient (Wildman–Crippen LogP) is 3.02. The van der Waals surface area contributed by atoms with E-state index in [0.717, 1.165) is 42.7 Å². The summed E-state index contributed by atoms with van der Waals surface area (Å²) < 4.78 is 10.8. The molecular formula is C17H25NO3. The third kappa shape index (κ3) is 3.31. The number of methoxy groups -OCH3 is 2. The second-order valence-corrected chi connectivity index (χ2v) is 5.71. The summed E-state index contributed by atoms with van der Waals surface area (Å²) >= 11 is 0. The Morgan fingerprint density at radius 3 is 2.38 bits per heavy atom. The van der Waals surface area contributed by atoms with Crippen LogP contribution in [0.3, 0.4) is 0 Å². The van der Waals surface area contributed by atoms with E-state index in [1.165, 1.54) is 5.56 Å². The molecule has 2 rings (SSSR count). The molecule has 4 heteroatoms. The quantitative estimate of drug-likeness (QED) is 0.837. The smallest absolute Gasteiger partial charge is 0.226 e. The number of hydrogen-bond donors (Lipinski definition) is 0. The van der Waals surface area contributed by atoms with Gasteiger partial charge < -0.3 is 14.4 Å². The summed E-state index contributed by atoms with van der Waals surface area (Å²) in [4.78, 5) is 14.3. The summed E-state index contributed by atoms with van der Waals surface area (Å²) in [6.45, 7) is 2.80. The number of benzene rings is 1. The molecule has 116 valence electrons. The Morgan fingerprint density at radius 2 is 1.81 bits per heavy atom. The van der Waals surface area contributed by atoms with Crippen LogP contribution in [0.25, 0.3) is 0 Å². The SMILES string of the molecule is CCCCC1Cc2cc(OC)c(OC)cc2CN(C)C1=O. The molecule has 0 aliphatic carbocycles. The van der Waals surface area contributed by atoms with Crippen molar-refractivity contribution in [3.8, 4) is 11.5 Å². The van der Waals surface area contributed by atoms with Gasteiger partial charge >= 0.3 is 0 Å². The molecule has 0 saturated heterocycles. The van der Waals surface area contributed by atoms with E-state index in [0.29, 0.717) is 6.54 Å². The Kier molecular flexibility index (Phi) is 5.10. The first-order valence-electron chi connectivity index (χ1n) is 7.59. The zero-order valence-electron chi connectivity index (χ0n) is 13.4. The number of carbonyl (C=O) groups excluding carboxylic acids is 1. The number of amides is 1. The third-order valence-electron chi connectivity index (χ3n) is 4.21. The molecule has 21 heavy (non-hydrogen) atoms. The molecule has 1 atom stereocenters. The Morgan fingerprint density at radius 1 is 1.19 bits per heavy atom. The second-order valence-electron chi connectivity index (χ2n) is 5.71. The predicted molar refractivity (Wildman–Crippen MR) is 82.7 cm³/mol. The van der Waals surface area contributed by atoms with Crippen LogP contribution in [-0.4, -0.2) is 32.1 Å². The molecule has 4 nitrogen and oxygen atoms in total. The highest BCUT2D eigenvalue weighted by molar-refractivity contribution is 5.79. The van der Waals surface area contributed by atoms with E-state index in [2.05, 4.69) is 6.92 Å². The van der Waals surface area contributed by atoms with Crippen molar-refractivity contribution >= 4 is 5.91 Å². The second kappa shape index (κ2) is 6.83. The van der Waals surface area contributed by atoms with Crippen molar-refractivity contribution in [2.45, 2.75) is 39.2 Å². The highest BCUT2D eigenvalue weighted by Gasteiger charge is 2.28. The van der Waals surface area contributed by atoms with E-state index in [-0.39, 0.29) is 11.8 Å². The molecule has 0 N–H and O–H groups in total. The van der Waals surface area contributed by atoms with Crippen LogP contribution in [0, 0.1) is 5.92 Å². The lowest BCUT2D eigenvalue weighted by Gasteiger charge is -2.19. The summed E-state index contributed by atoms with van der Waals surface area (Å²) in [5.41, 5.74) is 2.36. The van der Waals surface area contributed by atoms with Gasteiger partial charge in [0.25, 0.3) is 0 Å². The third-order valence-corrected chi connectivity index (χ3v) is 4.21. The van der Waals surface area contributed by atoms with E-state index in [9.17, 15) is 4.79 Å². The number of carbonyl (C=O) groups is 1. The minimum absolute atomic E-state index is 0.0781. The van der Waals surface area contributed by atoms with Crippen LogP contribution in [0.15, 0.2) is 12.1 Å². The maximum atomic E-state index is 12.5. The maximum Gasteiger partial charge on any atom is 0.226 e. The number of unbranched alkanes of at least 4 members (excludes halogenated alkanes) is 1. The van der Waals surface area contributed by atoms with Gasteiger partial charge in [-0.3, -0.25) is 4.79 Å². The number of ether oxygens (including phenoxy) is 2. The van der Waals surface area contributed by atoms with Gasteiger partial charge in [0.1, 0.15) is 0 Å². The van der Waals surface area contributed by atoms with Crippen LogP contribution < -0.4 is 9.47 Å². The number of fused-ring (bicyclic) bond motifs is 1. The molecule has 1 aromatic rings. The monoisotopic (exact) mass is 291 g/mol. The average molecular weight is 291 g/mol. The van der Waals surface area contributed by atoms with Gasteiger partial charge in [0, 0.05) is 19.5 Å². The summed E-state index contributed by atoms with van der Waals surface area (Å²) in [5.74, 6) is 1.79. The lowest BCUT2D eigenvalue weighted by molar-refractivity contribution is -0.134. The van der Waals surface area contributed by atoms with Gasteiger partial charge in [-0.05, 0) is 36.1 Å². The molecule has 1 amide bonds. The standard InChI is InChI=1S/C17H25NO3/c1-5-6-7-12-8-13-9-15(20-3)16(21-4)10-14(13)11-18(2)17(12)19/h9-10,12H,5-8,11H2,1-4H3. The Balaban J connectivity index is 2.36. The largest absolute Gasteiger partial charge is 0.493 e. The van der Waals surface area contributed by atoms with Gasteiger partial charge in [0.05, 0.1) is 14.2 Å². The van der Waals surface area contributed by atoms with Crippen molar-refractivity contribution in [3.05, 3.63) is 23.3 Å². The molecule has 0 aromatic heterocycles. The van der Waals surface area contributed by atoms with Crippen molar-refractivity contribution in [3.63, 3.8) is 0 Å². The van der Waals surface area contributed by atoms with E-state index in [4.69, 9.17) is 9.47 Å². The van der Waals surface area contributed by atoms with Crippen LogP contribution >= 0.6 is 0 Å². The van der Waals surface area contributed by atoms with Gasteiger partial charge in [-0.15, -0.1) is 0 Å². The lowest BCUT2D eigenvalue weighted by atomic mass is 9.92. The van der Waals surface area contributed by atoms with Crippen LogP contribution in [0.4, 0.5) is 0 Å². The summed E-state index contributed by atoms with van der Waals surface area (Å²) in [6, 6.07) is 4.03. The molecule has 0 spiro atoms. The molecular weight excluding hydrogens is 266 g/mol. The zero-order chi connectivity index (χ0) is 15.4. The fourth-order valence-electron chi connectivity index (χ4n) is 2.97. The normalized spacial score (nSPS) is 18.2. The van der Waals surface area contributed by atoms with Crippen molar-refractivity contribution in [2.75, 3.05) is 21.3 Å². The summed E-state index contributed by atoms with van der Waals surface area (Å²) in [6.07, 6.45) is 3.95. The Bertz CT molecular complexity index is 513.